The predicted molar refractivity (Wildman–Crippen MR) is 72.4 cm³/mol. The minimum absolute atomic E-state index is 0.102. The molecule has 0 saturated carbocycles. The third-order valence-corrected chi connectivity index (χ3v) is 4.35. The number of carboxylic acid groups (broad SMARTS) is 1. The van der Waals surface area contributed by atoms with Crippen LogP contribution in [0.25, 0.3) is 0 Å². The molecule has 5 nitrogen and oxygen atoms in total. The Balaban J connectivity index is 3.16. The zero-order chi connectivity index (χ0) is 14.8. The fraction of sp³-hybridized carbons (Fsp3) is 0.462. The molecule has 0 saturated heterocycles. The van der Waals surface area contributed by atoms with E-state index in [1.165, 1.54) is 6.07 Å². The predicted octanol–water partition coefficient (Wildman–Crippen LogP) is 1.77. The van der Waals surface area contributed by atoms with Gasteiger partial charge in [-0.25, -0.2) is 8.42 Å². The number of carboxylic acids is 1. The number of hydrogen-bond donors (Lipinski definition) is 2. The van der Waals surface area contributed by atoms with Crippen molar-refractivity contribution >= 4 is 16.0 Å². The van der Waals surface area contributed by atoms with Gasteiger partial charge in [0, 0.05) is 0 Å². The molecule has 0 spiro atoms. The first-order valence-corrected chi connectivity index (χ1v) is 7.35. The summed E-state index contributed by atoms with van der Waals surface area (Å²) in [6.07, 6.45) is 0. The van der Waals surface area contributed by atoms with Crippen LogP contribution in [0.15, 0.2) is 29.2 Å². The number of sulfonamides is 1. The van der Waals surface area contributed by atoms with Crippen LogP contribution in [0.2, 0.25) is 0 Å². The normalized spacial score (nSPS) is 14.1. The van der Waals surface area contributed by atoms with E-state index in [9.17, 15) is 13.2 Å². The standard InChI is InChI=1S/C13H19NO4S/c1-9-7-5-6-8-10(9)19(17,18)14-11(12(15)16)13(2,3)4/h5-8,11,14H,1-4H3,(H,15,16)/t11-/m1/s1. The molecule has 0 bridgehead atoms. The van der Waals surface area contributed by atoms with Gasteiger partial charge in [-0.05, 0) is 24.0 Å². The van der Waals surface area contributed by atoms with Crippen LogP contribution in [-0.4, -0.2) is 25.5 Å². The lowest BCUT2D eigenvalue weighted by molar-refractivity contribution is -0.141. The molecule has 0 aliphatic heterocycles. The number of aliphatic carboxylic acids is 1. The summed E-state index contributed by atoms with van der Waals surface area (Å²) in [6, 6.07) is 5.28. The molecule has 6 heteroatoms. The Labute approximate surface area is 113 Å². The molecule has 0 aliphatic carbocycles. The summed E-state index contributed by atoms with van der Waals surface area (Å²) in [4.78, 5) is 11.3. The maximum absolute atomic E-state index is 12.2. The molecule has 0 fully saturated rings. The van der Waals surface area contributed by atoms with Crippen molar-refractivity contribution < 1.29 is 18.3 Å². The molecular formula is C13H19NO4S. The first-order chi connectivity index (χ1) is 8.55. The molecule has 1 aromatic carbocycles. The second-order valence-corrected chi connectivity index (χ2v) is 7.21. The number of carbonyl (C=O) groups is 1. The average Bonchev–Trinajstić information content (AvgIpc) is 2.24. The van der Waals surface area contributed by atoms with E-state index in [0.717, 1.165) is 0 Å². The van der Waals surface area contributed by atoms with E-state index < -0.39 is 27.4 Å². The number of nitrogens with one attached hydrogen (secondary N) is 1. The first kappa shape index (κ1) is 15.7. The Morgan fingerprint density at radius 1 is 1.26 bits per heavy atom. The summed E-state index contributed by atoms with van der Waals surface area (Å²) in [6.45, 7) is 6.69. The van der Waals surface area contributed by atoms with Crippen molar-refractivity contribution in [2.75, 3.05) is 0 Å². The van der Waals surface area contributed by atoms with E-state index in [4.69, 9.17) is 5.11 Å². The highest BCUT2D eigenvalue weighted by atomic mass is 32.2. The van der Waals surface area contributed by atoms with Gasteiger partial charge in [0.25, 0.3) is 0 Å². The van der Waals surface area contributed by atoms with Crippen LogP contribution >= 0.6 is 0 Å². The lowest BCUT2D eigenvalue weighted by Crippen LogP contribution is -2.49. The summed E-state index contributed by atoms with van der Waals surface area (Å²) in [5.74, 6) is -1.19. The van der Waals surface area contributed by atoms with E-state index >= 15 is 0 Å². The molecule has 0 aliphatic rings. The van der Waals surface area contributed by atoms with Crippen molar-refractivity contribution in [2.45, 2.75) is 38.6 Å². The Hall–Kier alpha value is -1.40. The highest BCUT2D eigenvalue weighted by Crippen LogP contribution is 2.22. The van der Waals surface area contributed by atoms with E-state index in [-0.39, 0.29) is 4.90 Å². The molecule has 0 heterocycles. The molecule has 0 aromatic heterocycles. The van der Waals surface area contributed by atoms with Crippen LogP contribution < -0.4 is 4.72 Å². The van der Waals surface area contributed by atoms with Crippen molar-refractivity contribution in [3.05, 3.63) is 29.8 Å². The van der Waals surface area contributed by atoms with Gasteiger partial charge in [-0.1, -0.05) is 39.0 Å². The van der Waals surface area contributed by atoms with Crippen molar-refractivity contribution in [1.82, 2.24) is 4.72 Å². The van der Waals surface area contributed by atoms with Crippen LogP contribution in [0.4, 0.5) is 0 Å². The number of hydrogen-bond acceptors (Lipinski definition) is 3. The quantitative estimate of drug-likeness (QED) is 0.883. The fourth-order valence-electron chi connectivity index (χ4n) is 1.67. The van der Waals surface area contributed by atoms with Gasteiger partial charge in [-0.2, -0.15) is 4.72 Å². The third-order valence-electron chi connectivity index (χ3n) is 2.77. The average molecular weight is 285 g/mol. The van der Waals surface area contributed by atoms with Crippen LogP contribution in [0, 0.1) is 12.3 Å². The fourth-order valence-corrected chi connectivity index (χ4v) is 3.32. The zero-order valence-electron chi connectivity index (χ0n) is 11.5. The Kier molecular flexibility index (Phi) is 4.37. The number of rotatable bonds is 4. The molecule has 1 aromatic rings. The van der Waals surface area contributed by atoms with Crippen LogP contribution in [-0.2, 0) is 14.8 Å². The smallest absolute Gasteiger partial charge is 0.322 e. The molecule has 0 amide bonds. The van der Waals surface area contributed by atoms with Gasteiger partial charge in [-0.15, -0.1) is 0 Å². The van der Waals surface area contributed by atoms with Crippen LogP contribution in [0.5, 0.6) is 0 Å². The summed E-state index contributed by atoms with van der Waals surface area (Å²) in [5.41, 5.74) is -0.144. The zero-order valence-corrected chi connectivity index (χ0v) is 12.3. The topological polar surface area (TPSA) is 83.5 Å². The summed E-state index contributed by atoms with van der Waals surface area (Å²) >= 11 is 0. The van der Waals surface area contributed by atoms with Gasteiger partial charge in [0.05, 0.1) is 4.90 Å². The highest BCUT2D eigenvalue weighted by molar-refractivity contribution is 7.89. The van der Waals surface area contributed by atoms with Crippen molar-refractivity contribution in [1.29, 1.82) is 0 Å². The number of aryl methyl sites for hydroxylation is 1. The van der Waals surface area contributed by atoms with Gasteiger partial charge >= 0.3 is 5.97 Å². The minimum atomic E-state index is -3.85. The molecule has 2 N–H and O–H groups in total. The van der Waals surface area contributed by atoms with Gasteiger partial charge in [-0.3, -0.25) is 4.79 Å². The second-order valence-electron chi connectivity index (χ2n) is 5.52. The van der Waals surface area contributed by atoms with E-state index in [0.29, 0.717) is 5.56 Å². The van der Waals surface area contributed by atoms with Crippen LogP contribution in [0.3, 0.4) is 0 Å². The number of benzene rings is 1. The van der Waals surface area contributed by atoms with Crippen molar-refractivity contribution in [2.24, 2.45) is 5.41 Å². The summed E-state index contributed by atoms with van der Waals surface area (Å²) in [7, 11) is -3.85. The van der Waals surface area contributed by atoms with Crippen molar-refractivity contribution in [3.8, 4) is 0 Å². The molecule has 19 heavy (non-hydrogen) atoms. The summed E-state index contributed by atoms with van der Waals surface area (Å²) in [5, 5.41) is 9.16. The van der Waals surface area contributed by atoms with E-state index in [2.05, 4.69) is 4.72 Å². The van der Waals surface area contributed by atoms with Crippen molar-refractivity contribution in [3.63, 3.8) is 0 Å². The Morgan fingerprint density at radius 2 is 1.79 bits per heavy atom. The lowest BCUT2D eigenvalue weighted by Gasteiger charge is -2.27. The van der Waals surface area contributed by atoms with Gasteiger partial charge in [0.15, 0.2) is 0 Å². The molecular weight excluding hydrogens is 266 g/mol. The van der Waals surface area contributed by atoms with Gasteiger partial charge < -0.3 is 5.11 Å². The van der Waals surface area contributed by atoms with Gasteiger partial charge in [0.2, 0.25) is 10.0 Å². The van der Waals surface area contributed by atoms with E-state index in [1.54, 1.807) is 45.9 Å². The first-order valence-electron chi connectivity index (χ1n) is 5.86. The highest BCUT2D eigenvalue weighted by Gasteiger charge is 2.35. The Bertz CT molecular complexity index is 573. The van der Waals surface area contributed by atoms with Gasteiger partial charge in [0.1, 0.15) is 6.04 Å². The molecule has 1 rings (SSSR count). The SMILES string of the molecule is Cc1ccccc1S(=O)(=O)N[C@H](C(=O)O)C(C)(C)C. The third kappa shape index (κ3) is 3.78. The molecule has 106 valence electrons. The molecule has 0 unspecified atom stereocenters. The monoisotopic (exact) mass is 285 g/mol. The van der Waals surface area contributed by atoms with E-state index in [1.807, 2.05) is 0 Å². The van der Waals surface area contributed by atoms with Crippen LogP contribution in [0.1, 0.15) is 26.3 Å². The largest absolute Gasteiger partial charge is 0.480 e. The maximum Gasteiger partial charge on any atom is 0.322 e. The Morgan fingerprint density at radius 3 is 2.21 bits per heavy atom. The second kappa shape index (κ2) is 5.30. The summed E-state index contributed by atoms with van der Waals surface area (Å²) < 4.78 is 26.7. The maximum atomic E-state index is 12.2. The molecule has 1 atom stereocenters. The minimum Gasteiger partial charge on any atom is -0.480 e. The molecule has 0 radical (unpaired) electrons. The lowest BCUT2D eigenvalue weighted by atomic mass is 9.88.